The Morgan fingerprint density at radius 1 is 1.30 bits per heavy atom. The lowest BCUT2D eigenvalue weighted by molar-refractivity contribution is -0.124. The molecular weight excluding hydrogens is 280 g/mol. The van der Waals surface area contributed by atoms with Crippen LogP contribution in [0.15, 0.2) is 24.3 Å². The summed E-state index contributed by atoms with van der Waals surface area (Å²) in [5.41, 5.74) is 6.84. The largest absolute Gasteiger partial charge is 0.462 e. The highest BCUT2D eigenvalue weighted by molar-refractivity contribution is 5.89. The first kappa shape index (κ1) is 18.4. The number of rotatable bonds is 6. The molecule has 0 aromatic heterocycles. The zero-order valence-electron chi connectivity index (χ0n) is 11.7. The number of nitrogens with one attached hydrogen (secondary N) is 1. The van der Waals surface area contributed by atoms with Gasteiger partial charge in [0.15, 0.2) is 0 Å². The van der Waals surface area contributed by atoms with Crippen LogP contribution in [-0.2, 0) is 16.1 Å². The van der Waals surface area contributed by atoms with Gasteiger partial charge in [0.1, 0.15) is 0 Å². The van der Waals surface area contributed by atoms with E-state index < -0.39 is 0 Å². The Bertz CT molecular complexity index is 435. The molecule has 112 valence electrons. The van der Waals surface area contributed by atoms with Gasteiger partial charge in [-0.15, -0.1) is 12.4 Å². The maximum Gasteiger partial charge on any atom is 0.338 e. The van der Waals surface area contributed by atoms with Crippen molar-refractivity contribution in [3.05, 3.63) is 35.4 Å². The van der Waals surface area contributed by atoms with E-state index in [9.17, 15) is 9.59 Å². The molecule has 0 aliphatic heterocycles. The Labute approximate surface area is 125 Å². The fraction of sp³-hybridized carbons (Fsp3) is 0.429. The summed E-state index contributed by atoms with van der Waals surface area (Å²) in [6.07, 6.45) is 0. The molecule has 6 heteroatoms. The van der Waals surface area contributed by atoms with Crippen molar-refractivity contribution >= 4 is 24.3 Å². The Morgan fingerprint density at radius 2 is 1.90 bits per heavy atom. The quantitative estimate of drug-likeness (QED) is 0.780. The smallest absolute Gasteiger partial charge is 0.338 e. The van der Waals surface area contributed by atoms with E-state index in [0.717, 1.165) is 5.56 Å². The summed E-state index contributed by atoms with van der Waals surface area (Å²) in [5.74, 6) is -0.606. The van der Waals surface area contributed by atoms with Crippen LogP contribution in [0.2, 0.25) is 0 Å². The van der Waals surface area contributed by atoms with Crippen molar-refractivity contribution < 1.29 is 14.3 Å². The highest BCUT2D eigenvalue weighted by Crippen LogP contribution is 2.06. The van der Waals surface area contributed by atoms with Crippen LogP contribution in [-0.4, -0.2) is 25.0 Å². The molecule has 0 aliphatic carbocycles. The van der Waals surface area contributed by atoms with E-state index in [4.69, 9.17) is 10.5 Å². The average molecular weight is 301 g/mol. The van der Waals surface area contributed by atoms with Gasteiger partial charge in [0.05, 0.1) is 12.2 Å². The third-order valence-corrected chi connectivity index (χ3v) is 2.73. The lowest BCUT2D eigenvalue weighted by Crippen LogP contribution is -2.32. The number of hydrogen-bond acceptors (Lipinski definition) is 4. The zero-order valence-corrected chi connectivity index (χ0v) is 12.5. The molecule has 1 rings (SSSR count). The van der Waals surface area contributed by atoms with Crippen LogP contribution in [0.4, 0.5) is 0 Å². The van der Waals surface area contributed by atoms with E-state index in [0.29, 0.717) is 25.3 Å². The summed E-state index contributed by atoms with van der Waals surface area (Å²) in [5, 5.41) is 2.79. The second-order valence-corrected chi connectivity index (χ2v) is 4.27. The summed E-state index contributed by atoms with van der Waals surface area (Å²) < 4.78 is 4.89. The molecule has 0 bridgehead atoms. The lowest BCUT2D eigenvalue weighted by Gasteiger charge is -2.10. The van der Waals surface area contributed by atoms with Crippen LogP contribution in [0.5, 0.6) is 0 Å². The van der Waals surface area contributed by atoms with Gasteiger partial charge in [0.25, 0.3) is 0 Å². The van der Waals surface area contributed by atoms with Gasteiger partial charge >= 0.3 is 5.97 Å². The molecule has 1 atom stereocenters. The molecule has 0 radical (unpaired) electrons. The predicted octanol–water partition coefficient (Wildman–Crippen LogP) is 1.50. The molecule has 1 aromatic rings. The summed E-state index contributed by atoms with van der Waals surface area (Å²) in [7, 11) is 0. The van der Waals surface area contributed by atoms with Gasteiger partial charge in [-0.25, -0.2) is 4.79 Å². The monoisotopic (exact) mass is 300 g/mol. The van der Waals surface area contributed by atoms with Crippen LogP contribution in [0, 0.1) is 5.92 Å². The molecule has 5 nitrogen and oxygen atoms in total. The molecule has 0 spiro atoms. The molecule has 0 saturated carbocycles. The molecule has 1 aromatic carbocycles. The van der Waals surface area contributed by atoms with E-state index in [1.165, 1.54) is 0 Å². The fourth-order valence-corrected chi connectivity index (χ4v) is 1.44. The molecule has 0 heterocycles. The Balaban J connectivity index is 0.00000361. The number of ether oxygens (including phenoxy) is 1. The minimum Gasteiger partial charge on any atom is -0.462 e. The summed E-state index contributed by atoms with van der Waals surface area (Å²) in [6, 6.07) is 6.96. The first-order chi connectivity index (χ1) is 9.08. The SMILES string of the molecule is CCOC(=O)c1ccc(CNC(=O)C(C)CN)cc1.Cl. The van der Waals surface area contributed by atoms with E-state index in [1.807, 2.05) is 0 Å². The number of hydrogen-bond donors (Lipinski definition) is 2. The standard InChI is InChI=1S/C14H20N2O3.ClH/c1-3-19-14(18)12-6-4-11(5-7-12)9-16-13(17)10(2)8-15;/h4-7,10H,3,8-9,15H2,1-2H3,(H,16,17);1H. The molecule has 0 fully saturated rings. The normalized spacial score (nSPS) is 11.2. The summed E-state index contributed by atoms with van der Waals surface area (Å²) >= 11 is 0. The van der Waals surface area contributed by atoms with Crippen LogP contribution < -0.4 is 11.1 Å². The van der Waals surface area contributed by atoms with Gasteiger partial charge in [0.2, 0.25) is 5.91 Å². The molecule has 1 amide bonds. The number of carbonyl (C=O) groups excluding carboxylic acids is 2. The van der Waals surface area contributed by atoms with E-state index in [2.05, 4.69) is 5.32 Å². The molecule has 0 saturated heterocycles. The Kier molecular flexibility index (Phi) is 8.59. The van der Waals surface area contributed by atoms with Crippen molar-refractivity contribution in [2.75, 3.05) is 13.2 Å². The van der Waals surface area contributed by atoms with Gasteiger partial charge < -0.3 is 15.8 Å². The van der Waals surface area contributed by atoms with Crippen molar-refractivity contribution in [2.24, 2.45) is 11.7 Å². The summed E-state index contributed by atoms with van der Waals surface area (Å²) in [4.78, 5) is 23.0. The number of esters is 1. The Hall–Kier alpha value is -1.59. The second-order valence-electron chi connectivity index (χ2n) is 4.27. The van der Waals surface area contributed by atoms with E-state index in [1.54, 1.807) is 38.1 Å². The highest BCUT2D eigenvalue weighted by atomic mass is 35.5. The van der Waals surface area contributed by atoms with Gasteiger partial charge in [-0.05, 0) is 24.6 Å². The highest BCUT2D eigenvalue weighted by Gasteiger charge is 2.10. The van der Waals surface area contributed by atoms with Crippen molar-refractivity contribution in [1.82, 2.24) is 5.32 Å². The first-order valence-corrected chi connectivity index (χ1v) is 6.32. The minimum atomic E-state index is -0.338. The van der Waals surface area contributed by atoms with Crippen molar-refractivity contribution in [3.8, 4) is 0 Å². The fourth-order valence-electron chi connectivity index (χ4n) is 1.44. The van der Waals surface area contributed by atoms with Gasteiger partial charge in [-0.2, -0.15) is 0 Å². The van der Waals surface area contributed by atoms with Gasteiger partial charge in [-0.1, -0.05) is 19.1 Å². The average Bonchev–Trinajstić information content (AvgIpc) is 2.44. The van der Waals surface area contributed by atoms with Crippen molar-refractivity contribution in [3.63, 3.8) is 0 Å². The lowest BCUT2D eigenvalue weighted by atomic mass is 10.1. The first-order valence-electron chi connectivity index (χ1n) is 6.32. The van der Waals surface area contributed by atoms with Gasteiger partial charge in [0, 0.05) is 19.0 Å². The Morgan fingerprint density at radius 3 is 2.40 bits per heavy atom. The van der Waals surface area contributed by atoms with Crippen LogP contribution in [0.1, 0.15) is 29.8 Å². The molecule has 3 N–H and O–H groups in total. The van der Waals surface area contributed by atoms with E-state index in [-0.39, 0.29) is 30.2 Å². The molecule has 0 aliphatic rings. The number of nitrogens with two attached hydrogens (primary N) is 1. The predicted molar refractivity (Wildman–Crippen MR) is 79.7 cm³/mol. The number of halogens is 1. The zero-order chi connectivity index (χ0) is 14.3. The summed E-state index contributed by atoms with van der Waals surface area (Å²) in [6.45, 7) is 4.65. The second kappa shape index (κ2) is 9.34. The number of carbonyl (C=O) groups is 2. The topological polar surface area (TPSA) is 81.4 Å². The minimum absolute atomic E-state index is 0. The van der Waals surface area contributed by atoms with Crippen LogP contribution in [0.3, 0.4) is 0 Å². The maximum atomic E-state index is 11.5. The van der Waals surface area contributed by atoms with E-state index >= 15 is 0 Å². The third kappa shape index (κ3) is 5.59. The third-order valence-electron chi connectivity index (χ3n) is 2.73. The maximum absolute atomic E-state index is 11.5. The van der Waals surface area contributed by atoms with Crippen molar-refractivity contribution in [2.45, 2.75) is 20.4 Å². The molecule has 1 unspecified atom stereocenters. The van der Waals surface area contributed by atoms with Crippen molar-refractivity contribution in [1.29, 1.82) is 0 Å². The molecular formula is C14H21ClN2O3. The van der Waals surface area contributed by atoms with Gasteiger partial charge in [-0.3, -0.25) is 4.79 Å². The number of amides is 1. The molecule has 20 heavy (non-hydrogen) atoms. The number of benzene rings is 1. The van der Waals surface area contributed by atoms with Crippen LogP contribution in [0.25, 0.3) is 0 Å². The van der Waals surface area contributed by atoms with Crippen LogP contribution >= 0.6 is 12.4 Å².